The molecule has 1 N–H and O–H groups in total. The van der Waals surface area contributed by atoms with E-state index in [9.17, 15) is 4.79 Å². The molecule has 0 saturated carbocycles. The second-order valence-corrected chi connectivity index (χ2v) is 2.89. The molecule has 78 valence electrons. The SMILES string of the molecule is O=CCCCCCO.c1ccccc1. The summed E-state index contributed by atoms with van der Waals surface area (Å²) in [5.74, 6) is 0. The maximum absolute atomic E-state index is 9.71. The molecular formula is C12H18O2. The summed E-state index contributed by atoms with van der Waals surface area (Å²) in [5, 5.41) is 8.28. The molecule has 0 fully saturated rings. The van der Waals surface area contributed by atoms with Crippen molar-refractivity contribution < 1.29 is 9.90 Å². The van der Waals surface area contributed by atoms with Gasteiger partial charge >= 0.3 is 0 Å². The molecular weight excluding hydrogens is 176 g/mol. The van der Waals surface area contributed by atoms with Crippen molar-refractivity contribution in [1.82, 2.24) is 0 Å². The number of aliphatic hydroxyl groups excluding tert-OH is 1. The Morgan fingerprint density at radius 3 is 1.71 bits per heavy atom. The van der Waals surface area contributed by atoms with Gasteiger partial charge in [-0.15, -0.1) is 0 Å². The molecule has 0 amide bonds. The minimum atomic E-state index is 0.249. The number of aliphatic hydroxyl groups is 1. The lowest BCUT2D eigenvalue weighted by molar-refractivity contribution is -0.107. The number of unbranched alkanes of at least 4 members (excludes halogenated alkanes) is 3. The third-order valence-corrected chi connectivity index (χ3v) is 1.65. The summed E-state index contributed by atoms with van der Waals surface area (Å²) < 4.78 is 0. The first-order valence-corrected chi connectivity index (χ1v) is 4.96. The highest BCUT2D eigenvalue weighted by atomic mass is 16.2. The van der Waals surface area contributed by atoms with E-state index in [0.717, 1.165) is 25.5 Å². The first kappa shape index (κ1) is 12.8. The van der Waals surface area contributed by atoms with E-state index in [4.69, 9.17) is 5.11 Å². The molecule has 0 aliphatic heterocycles. The second-order valence-electron chi connectivity index (χ2n) is 2.89. The molecule has 0 atom stereocenters. The predicted octanol–water partition coefficient (Wildman–Crippen LogP) is 2.42. The molecule has 0 radical (unpaired) electrons. The van der Waals surface area contributed by atoms with Gasteiger partial charge in [-0.05, 0) is 12.8 Å². The first-order chi connectivity index (χ1) is 6.91. The van der Waals surface area contributed by atoms with Gasteiger partial charge < -0.3 is 9.90 Å². The van der Waals surface area contributed by atoms with Crippen LogP contribution in [-0.2, 0) is 4.79 Å². The molecule has 0 heterocycles. The molecule has 0 spiro atoms. The molecule has 0 aromatic heterocycles. The summed E-state index contributed by atoms with van der Waals surface area (Å²) in [6.07, 6.45) is 4.27. The Hall–Kier alpha value is -1.15. The average Bonchev–Trinajstić information content (AvgIpc) is 2.28. The smallest absolute Gasteiger partial charge is 0.119 e. The summed E-state index contributed by atoms with van der Waals surface area (Å²) in [7, 11) is 0. The molecule has 2 heteroatoms. The van der Waals surface area contributed by atoms with Crippen LogP contribution in [0.4, 0.5) is 0 Å². The number of benzene rings is 1. The van der Waals surface area contributed by atoms with Crippen molar-refractivity contribution in [3.63, 3.8) is 0 Å². The predicted molar refractivity (Wildman–Crippen MR) is 58.1 cm³/mol. The van der Waals surface area contributed by atoms with Crippen molar-refractivity contribution in [2.45, 2.75) is 25.7 Å². The Balaban J connectivity index is 0.000000249. The van der Waals surface area contributed by atoms with E-state index >= 15 is 0 Å². The topological polar surface area (TPSA) is 37.3 Å². The number of hydrogen-bond donors (Lipinski definition) is 1. The number of hydrogen-bond acceptors (Lipinski definition) is 2. The zero-order chi connectivity index (χ0) is 10.5. The Morgan fingerprint density at radius 2 is 1.36 bits per heavy atom. The summed E-state index contributed by atoms with van der Waals surface area (Å²) >= 11 is 0. The summed E-state index contributed by atoms with van der Waals surface area (Å²) in [6, 6.07) is 12.0. The average molecular weight is 194 g/mol. The van der Waals surface area contributed by atoms with Gasteiger partial charge in [0.15, 0.2) is 0 Å². The van der Waals surface area contributed by atoms with Crippen LogP contribution >= 0.6 is 0 Å². The van der Waals surface area contributed by atoms with E-state index in [0.29, 0.717) is 6.42 Å². The van der Waals surface area contributed by atoms with Gasteiger partial charge in [0.25, 0.3) is 0 Å². The third-order valence-electron chi connectivity index (χ3n) is 1.65. The lowest BCUT2D eigenvalue weighted by atomic mass is 10.2. The Bertz CT molecular complexity index is 170. The molecule has 14 heavy (non-hydrogen) atoms. The standard InChI is InChI=1S/C6H12O2.C6H6/c7-5-3-1-2-4-6-8;1-2-4-6-5-3-1/h5,8H,1-4,6H2;1-6H. The highest BCUT2D eigenvalue weighted by molar-refractivity contribution is 5.48. The lowest BCUT2D eigenvalue weighted by Gasteiger charge is -1.90. The van der Waals surface area contributed by atoms with Crippen LogP contribution in [0.15, 0.2) is 36.4 Å². The van der Waals surface area contributed by atoms with Crippen LogP contribution in [-0.4, -0.2) is 18.0 Å². The Kier molecular flexibility index (Phi) is 10.9. The van der Waals surface area contributed by atoms with E-state index in [1.165, 1.54) is 0 Å². The van der Waals surface area contributed by atoms with Crippen LogP contribution in [0.1, 0.15) is 25.7 Å². The second kappa shape index (κ2) is 11.8. The first-order valence-electron chi connectivity index (χ1n) is 4.96. The molecule has 2 nitrogen and oxygen atoms in total. The molecule has 1 rings (SSSR count). The number of carbonyl (C=O) groups is 1. The van der Waals surface area contributed by atoms with E-state index in [1.807, 2.05) is 36.4 Å². The molecule has 0 aliphatic rings. The van der Waals surface area contributed by atoms with E-state index in [2.05, 4.69) is 0 Å². The van der Waals surface area contributed by atoms with Crippen molar-refractivity contribution in [2.24, 2.45) is 0 Å². The van der Waals surface area contributed by atoms with Crippen LogP contribution in [0, 0.1) is 0 Å². The van der Waals surface area contributed by atoms with Gasteiger partial charge in [-0.2, -0.15) is 0 Å². The van der Waals surface area contributed by atoms with Crippen molar-refractivity contribution in [2.75, 3.05) is 6.61 Å². The summed E-state index contributed by atoms with van der Waals surface area (Å²) in [4.78, 5) is 9.71. The van der Waals surface area contributed by atoms with E-state index in [-0.39, 0.29) is 6.61 Å². The maximum Gasteiger partial charge on any atom is 0.119 e. The van der Waals surface area contributed by atoms with E-state index < -0.39 is 0 Å². The van der Waals surface area contributed by atoms with Crippen LogP contribution < -0.4 is 0 Å². The normalized spacial score (nSPS) is 8.64. The van der Waals surface area contributed by atoms with Crippen LogP contribution in [0.25, 0.3) is 0 Å². The molecule has 0 aliphatic carbocycles. The van der Waals surface area contributed by atoms with Gasteiger partial charge in [-0.25, -0.2) is 0 Å². The van der Waals surface area contributed by atoms with Gasteiger partial charge in [-0.3, -0.25) is 0 Å². The third kappa shape index (κ3) is 10.8. The van der Waals surface area contributed by atoms with Crippen molar-refractivity contribution in [3.8, 4) is 0 Å². The summed E-state index contributed by atoms with van der Waals surface area (Å²) in [5.41, 5.74) is 0. The number of carbonyl (C=O) groups excluding carboxylic acids is 1. The van der Waals surface area contributed by atoms with Gasteiger partial charge in [0.1, 0.15) is 6.29 Å². The highest BCUT2D eigenvalue weighted by Crippen LogP contribution is 1.95. The van der Waals surface area contributed by atoms with Crippen molar-refractivity contribution in [3.05, 3.63) is 36.4 Å². The van der Waals surface area contributed by atoms with Gasteiger partial charge in [0.2, 0.25) is 0 Å². The monoisotopic (exact) mass is 194 g/mol. The minimum absolute atomic E-state index is 0.249. The van der Waals surface area contributed by atoms with Crippen LogP contribution in [0.3, 0.4) is 0 Å². The van der Waals surface area contributed by atoms with Gasteiger partial charge in [-0.1, -0.05) is 42.8 Å². The molecule has 0 unspecified atom stereocenters. The highest BCUT2D eigenvalue weighted by Gasteiger charge is 1.84. The number of rotatable bonds is 5. The van der Waals surface area contributed by atoms with Crippen LogP contribution in [0.2, 0.25) is 0 Å². The quantitative estimate of drug-likeness (QED) is 0.577. The molecule has 1 aromatic carbocycles. The Morgan fingerprint density at radius 1 is 0.857 bits per heavy atom. The lowest BCUT2D eigenvalue weighted by Crippen LogP contribution is -1.82. The largest absolute Gasteiger partial charge is 0.396 e. The summed E-state index contributed by atoms with van der Waals surface area (Å²) in [6.45, 7) is 0.249. The van der Waals surface area contributed by atoms with Gasteiger partial charge in [0.05, 0.1) is 0 Å². The molecule has 1 aromatic rings. The Labute approximate surface area is 85.6 Å². The molecule has 0 bridgehead atoms. The van der Waals surface area contributed by atoms with Crippen molar-refractivity contribution >= 4 is 6.29 Å². The fraction of sp³-hybridized carbons (Fsp3) is 0.417. The zero-order valence-electron chi connectivity index (χ0n) is 8.43. The van der Waals surface area contributed by atoms with Gasteiger partial charge in [0, 0.05) is 13.0 Å². The minimum Gasteiger partial charge on any atom is -0.396 e. The van der Waals surface area contributed by atoms with E-state index in [1.54, 1.807) is 0 Å². The van der Waals surface area contributed by atoms with Crippen LogP contribution in [0.5, 0.6) is 0 Å². The van der Waals surface area contributed by atoms with Crippen molar-refractivity contribution in [1.29, 1.82) is 0 Å². The number of aldehydes is 1. The molecule has 0 saturated heterocycles. The zero-order valence-corrected chi connectivity index (χ0v) is 8.43. The maximum atomic E-state index is 9.71. The fourth-order valence-electron chi connectivity index (χ4n) is 0.901. The fourth-order valence-corrected chi connectivity index (χ4v) is 0.901.